The summed E-state index contributed by atoms with van der Waals surface area (Å²) < 4.78 is 0. The normalized spacial score (nSPS) is 26.9. The Morgan fingerprint density at radius 3 is 2.38 bits per heavy atom. The summed E-state index contributed by atoms with van der Waals surface area (Å²) >= 11 is 0. The van der Waals surface area contributed by atoms with Gasteiger partial charge >= 0.3 is 0 Å². The predicted octanol–water partition coefficient (Wildman–Crippen LogP) is 1.03. The van der Waals surface area contributed by atoms with Crippen LogP contribution >= 0.6 is 0 Å². The summed E-state index contributed by atoms with van der Waals surface area (Å²) in [5, 5.41) is 2.77. The second-order valence-corrected chi connectivity index (χ2v) is 5.83. The van der Waals surface area contributed by atoms with E-state index in [4.69, 9.17) is 11.5 Å². The Bertz CT molecular complexity index is 508. The van der Waals surface area contributed by atoms with E-state index >= 15 is 0 Å². The number of anilines is 1. The molecule has 2 amide bonds. The molecule has 1 unspecified atom stereocenters. The molecule has 0 radical (unpaired) electrons. The van der Waals surface area contributed by atoms with Crippen molar-refractivity contribution in [3.05, 3.63) is 24.5 Å². The third kappa shape index (κ3) is 3.21. The predicted molar refractivity (Wildman–Crippen MR) is 80.1 cm³/mol. The van der Waals surface area contributed by atoms with E-state index in [2.05, 4.69) is 10.3 Å². The number of nitrogens with zero attached hydrogens (tertiary/aromatic N) is 1. The molecular formula is C15H22N4O2. The van der Waals surface area contributed by atoms with Gasteiger partial charge < -0.3 is 16.8 Å². The van der Waals surface area contributed by atoms with E-state index in [1.54, 1.807) is 24.5 Å². The Balaban J connectivity index is 2.12. The molecule has 114 valence electrons. The van der Waals surface area contributed by atoms with Gasteiger partial charge in [0.2, 0.25) is 11.8 Å². The zero-order valence-electron chi connectivity index (χ0n) is 12.2. The summed E-state index contributed by atoms with van der Waals surface area (Å²) in [5.41, 5.74) is 10.9. The van der Waals surface area contributed by atoms with E-state index in [1.165, 1.54) is 0 Å². The fourth-order valence-electron chi connectivity index (χ4n) is 2.93. The summed E-state index contributed by atoms with van der Waals surface area (Å²) in [5.74, 6) is -0.548. The zero-order valence-corrected chi connectivity index (χ0v) is 12.2. The highest BCUT2D eigenvalue weighted by Crippen LogP contribution is 2.40. The minimum absolute atomic E-state index is 0.0686. The number of aromatic nitrogens is 1. The standard InChI is InChI=1S/C15H22N4O2/c1-10(16)11-2-6-15(7-3-11,13(17)20)14(21)19-12-4-8-18-9-5-12/h4-5,8-11H,2-3,6-7,16H2,1H3,(H2,17,20)(H,18,19,21)/t10?,11-,15+. The van der Waals surface area contributed by atoms with E-state index in [0.29, 0.717) is 24.4 Å². The quantitative estimate of drug-likeness (QED) is 0.719. The van der Waals surface area contributed by atoms with Gasteiger partial charge in [-0.1, -0.05) is 0 Å². The third-order valence-electron chi connectivity index (χ3n) is 4.47. The van der Waals surface area contributed by atoms with Gasteiger partial charge in [-0.05, 0) is 50.7 Å². The molecule has 0 aromatic carbocycles. The van der Waals surface area contributed by atoms with Crippen molar-refractivity contribution in [2.24, 2.45) is 22.8 Å². The van der Waals surface area contributed by atoms with Crippen molar-refractivity contribution >= 4 is 17.5 Å². The lowest BCUT2D eigenvalue weighted by Crippen LogP contribution is -2.50. The molecule has 0 spiro atoms. The number of amides is 2. The molecule has 2 rings (SSSR count). The molecule has 21 heavy (non-hydrogen) atoms. The molecule has 6 heteroatoms. The Kier molecular flexibility index (Phi) is 4.57. The van der Waals surface area contributed by atoms with Gasteiger partial charge in [0.05, 0.1) is 0 Å². The van der Waals surface area contributed by atoms with Crippen molar-refractivity contribution in [1.82, 2.24) is 4.98 Å². The molecule has 6 nitrogen and oxygen atoms in total. The average Bonchev–Trinajstić information content (AvgIpc) is 2.48. The van der Waals surface area contributed by atoms with Crippen molar-refractivity contribution in [1.29, 1.82) is 0 Å². The van der Waals surface area contributed by atoms with Crippen molar-refractivity contribution in [3.8, 4) is 0 Å². The fourth-order valence-corrected chi connectivity index (χ4v) is 2.93. The number of nitrogens with two attached hydrogens (primary N) is 2. The topological polar surface area (TPSA) is 111 Å². The number of nitrogens with one attached hydrogen (secondary N) is 1. The van der Waals surface area contributed by atoms with Crippen LogP contribution in [0.15, 0.2) is 24.5 Å². The van der Waals surface area contributed by atoms with Crippen LogP contribution in [0.4, 0.5) is 5.69 Å². The van der Waals surface area contributed by atoms with Crippen LogP contribution in [-0.4, -0.2) is 22.8 Å². The molecule has 5 N–H and O–H groups in total. The Hall–Kier alpha value is -1.95. The molecule has 1 aliphatic rings. The Morgan fingerprint density at radius 1 is 1.33 bits per heavy atom. The number of hydrogen-bond donors (Lipinski definition) is 3. The Labute approximate surface area is 124 Å². The SMILES string of the molecule is CC(N)[C@H]1CC[C@@](C(N)=O)(C(=O)Nc2ccncc2)CC1. The van der Waals surface area contributed by atoms with Gasteiger partial charge in [0, 0.05) is 24.1 Å². The van der Waals surface area contributed by atoms with Crippen LogP contribution in [0.2, 0.25) is 0 Å². The molecular weight excluding hydrogens is 268 g/mol. The number of primary amides is 1. The van der Waals surface area contributed by atoms with Crippen molar-refractivity contribution in [3.63, 3.8) is 0 Å². The number of hydrogen-bond acceptors (Lipinski definition) is 4. The lowest BCUT2D eigenvalue weighted by molar-refractivity contribution is -0.141. The van der Waals surface area contributed by atoms with Crippen molar-refractivity contribution in [2.45, 2.75) is 38.6 Å². The highest BCUT2D eigenvalue weighted by atomic mass is 16.2. The van der Waals surface area contributed by atoms with Crippen LogP contribution in [0, 0.1) is 11.3 Å². The molecule has 0 saturated heterocycles. The van der Waals surface area contributed by atoms with Crippen LogP contribution in [-0.2, 0) is 9.59 Å². The van der Waals surface area contributed by atoms with Gasteiger partial charge in [-0.25, -0.2) is 0 Å². The molecule has 1 aliphatic carbocycles. The lowest BCUT2D eigenvalue weighted by Gasteiger charge is -2.37. The molecule has 1 fully saturated rings. The molecule has 0 bridgehead atoms. The van der Waals surface area contributed by atoms with Crippen molar-refractivity contribution < 1.29 is 9.59 Å². The number of pyridine rings is 1. The van der Waals surface area contributed by atoms with Gasteiger partial charge in [0.25, 0.3) is 0 Å². The molecule has 1 aromatic heterocycles. The number of carbonyl (C=O) groups excluding carboxylic acids is 2. The van der Waals surface area contributed by atoms with Crippen LogP contribution < -0.4 is 16.8 Å². The Morgan fingerprint density at radius 2 is 1.90 bits per heavy atom. The third-order valence-corrected chi connectivity index (χ3v) is 4.47. The van der Waals surface area contributed by atoms with Gasteiger partial charge in [0.15, 0.2) is 0 Å². The minimum atomic E-state index is -1.13. The summed E-state index contributed by atoms with van der Waals surface area (Å²) in [6.45, 7) is 1.96. The van der Waals surface area contributed by atoms with Crippen LogP contribution in [0.5, 0.6) is 0 Å². The van der Waals surface area contributed by atoms with Crippen LogP contribution in [0.25, 0.3) is 0 Å². The highest BCUT2D eigenvalue weighted by Gasteiger charge is 2.47. The maximum Gasteiger partial charge on any atom is 0.240 e. The minimum Gasteiger partial charge on any atom is -0.369 e. The van der Waals surface area contributed by atoms with Gasteiger partial charge in [-0.15, -0.1) is 0 Å². The summed E-state index contributed by atoms with van der Waals surface area (Å²) in [7, 11) is 0. The second-order valence-electron chi connectivity index (χ2n) is 5.83. The van der Waals surface area contributed by atoms with Crippen molar-refractivity contribution in [2.75, 3.05) is 5.32 Å². The first-order chi connectivity index (χ1) is 9.95. The van der Waals surface area contributed by atoms with E-state index in [0.717, 1.165) is 12.8 Å². The van der Waals surface area contributed by atoms with Gasteiger partial charge in [-0.3, -0.25) is 14.6 Å². The van der Waals surface area contributed by atoms with Crippen LogP contribution in [0.1, 0.15) is 32.6 Å². The molecule has 1 heterocycles. The van der Waals surface area contributed by atoms with Crippen LogP contribution in [0.3, 0.4) is 0 Å². The van der Waals surface area contributed by atoms with Gasteiger partial charge in [0.1, 0.15) is 5.41 Å². The summed E-state index contributed by atoms with van der Waals surface area (Å²) in [6, 6.07) is 3.43. The second kappa shape index (κ2) is 6.22. The first-order valence-electron chi connectivity index (χ1n) is 7.22. The van der Waals surface area contributed by atoms with E-state index < -0.39 is 11.3 Å². The summed E-state index contributed by atoms with van der Waals surface area (Å²) in [4.78, 5) is 28.3. The van der Waals surface area contributed by atoms with Gasteiger partial charge in [-0.2, -0.15) is 0 Å². The molecule has 1 aromatic rings. The molecule has 1 atom stereocenters. The lowest BCUT2D eigenvalue weighted by atomic mass is 9.68. The largest absolute Gasteiger partial charge is 0.369 e. The first kappa shape index (κ1) is 15.4. The highest BCUT2D eigenvalue weighted by molar-refractivity contribution is 6.10. The van der Waals surface area contributed by atoms with E-state index in [9.17, 15) is 9.59 Å². The average molecular weight is 290 g/mol. The maximum atomic E-state index is 12.5. The van der Waals surface area contributed by atoms with E-state index in [1.807, 2.05) is 6.92 Å². The number of carbonyl (C=O) groups is 2. The van der Waals surface area contributed by atoms with E-state index in [-0.39, 0.29) is 11.9 Å². The fraction of sp³-hybridized carbons (Fsp3) is 0.533. The zero-order chi connectivity index (χ0) is 15.5. The molecule has 1 saturated carbocycles. The molecule has 0 aliphatic heterocycles. The number of rotatable bonds is 4. The first-order valence-corrected chi connectivity index (χ1v) is 7.22. The maximum absolute atomic E-state index is 12.5. The smallest absolute Gasteiger partial charge is 0.240 e. The monoisotopic (exact) mass is 290 g/mol. The summed E-state index contributed by atoms with van der Waals surface area (Å²) in [6.07, 6.45) is 5.55.